The zero-order valence-electron chi connectivity index (χ0n) is 10.4. The molecule has 0 aliphatic heterocycles. The fraction of sp³-hybridized carbons (Fsp3) is 0.0714. The monoisotopic (exact) mass is 258 g/mol. The standard InChI is InChI=1S/C14H14N2O3/c1-19-13-5-3-2-4-11(13)16-14(18)10-8-9(15)6-7-12(10)17/h2-8,17H,15H2,1H3,(H,16,18). The number of aromatic hydroxyl groups is 1. The maximum absolute atomic E-state index is 12.1. The summed E-state index contributed by atoms with van der Waals surface area (Å²) in [7, 11) is 1.52. The molecule has 0 saturated carbocycles. The van der Waals surface area contributed by atoms with Crippen molar-refractivity contribution in [2.75, 3.05) is 18.2 Å². The molecule has 0 unspecified atom stereocenters. The Hall–Kier alpha value is -2.69. The minimum Gasteiger partial charge on any atom is -0.507 e. The molecule has 2 aromatic carbocycles. The third-order valence-corrected chi connectivity index (χ3v) is 2.62. The van der Waals surface area contributed by atoms with Gasteiger partial charge in [0, 0.05) is 5.69 Å². The Morgan fingerprint density at radius 3 is 2.74 bits per heavy atom. The number of nitrogens with one attached hydrogen (secondary N) is 1. The highest BCUT2D eigenvalue weighted by atomic mass is 16.5. The summed E-state index contributed by atoms with van der Waals surface area (Å²) in [6, 6.07) is 11.3. The summed E-state index contributed by atoms with van der Waals surface area (Å²) in [6.07, 6.45) is 0. The molecule has 5 nitrogen and oxygen atoms in total. The summed E-state index contributed by atoms with van der Waals surface area (Å²) in [4.78, 5) is 12.1. The maximum Gasteiger partial charge on any atom is 0.259 e. The zero-order valence-corrected chi connectivity index (χ0v) is 10.4. The van der Waals surface area contributed by atoms with E-state index in [1.54, 1.807) is 24.3 Å². The first-order valence-electron chi connectivity index (χ1n) is 5.64. The van der Waals surface area contributed by atoms with E-state index < -0.39 is 5.91 Å². The molecule has 2 rings (SSSR count). The third-order valence-electron chi connectivity index (χ3n) is 2.62. The van der Waals surface area contributed by atoms with Crippen molar-refractivity contribution in [1.29, 1.82) is 0 Å². The molecule has 4 N–H and O–H groups in total. The number of methoxy groups -OCH3 is 1. The van der Waals surface area contributed by atoms with Gasteiger partial charge in [0.05, 0.1) is 18.4 Å². The van der Waals surface area contributed by atoms with E-state index >= 15 is 0 Å². The van der Waals surface area contributed by atoms with Crippen LogP contribution in [0.2, 0.25) is 0 Å². The number of carbonyl (C=O) groups is 1. The van der Waals surface area contributed by atoms with Crippen molar-refractivity contribution in [3.8, 4) is 11.5 Å². The van der Waals surface area contributed by atoms with Gasteiger partial charge >= 0.3 is 0 Å². The summed E-state index contributed by atoms with van der Waals surface area (Å²) in [5, 5.41) is 12.3. The van der Waals surface area contributed by atoms with Crippen molar-refractivity contribution in [2.24, 2.45) is 0 Å². The maximum atomic E-state index is 12.1. The Bertz CT molecular complexity index is 611. The number of amides is 1. The fourth-order valence-corrected chi connectivity index (χ4v) is 1.67. The van der Waals surface area contributed by atoms with Crippen LogP contribution in [0.1, 0.15) is 10.4 Å². The number of phenolic OH excluding ortho intramolecular Hbond substituents is 1. The number of phenols is 1. The van der Waals surface area contributed by atoms with E-state index in [2.05, 4.69) is 5.32 Å². The summed E-state index contributed by atoms with van der Waals surface area (Å²) in [5.41, 5.74) is 6.65. The molecule has 0 bridgehead atoms. The van der Waals surface area contributed by atoms with Crippen LogP contribution in [0.25, 0.3) is 0 Å². The smallest absolute Gasteiger partial charge is 0.259 e. The van der Waals surface area contributed by atoms with Crippen molar-refractivity contribution in [2.45, 2.75) is 0 Å². The molecular formula is C14H14N2O3. The van der Waals surface area contributed by atoms with Crippen molar-refractivity contribution < 1.29 is 14.6 Å². The predicted octanol–water partition coefficient (Wildman–Crippen LogP) is 2.24. The molecule has 0 fully saturated rings. The number of para-hydroxylation sites is 2. The quantitative estimate of drug-likeness (QED) is 0.582. The number of hydrogen-bond acceptors (Lipinski definition) is 4. The zero-order chi connectivity index (χ0) is 13.8. The average Bonchev–Trinajstić information content (AvgIpc) is 2.42. The van der Waals surface area contributed by atoms with Crippen LogP contribution in [0.15, 0.2) is 42.5 Å². The van der Waals surface area contributed by atoms with E-state index in [9.17, 15) is 9.90 Å². The second-order valence-electron chi connectivity index (χ2n) is 3.93. The van der Waals surface area contributed by atoms with Crippen molar-refractivity contribution in [3.05, 3.63) is 48.0 Å². The van der Waals surface area contributed by atoms with Crippen molar-refractivity contribution in [1.82, 2.24) is 0 Å². The number of rotatable bonds is 3. The lowest BCUT2D eigenvalue weighted by Crippen LogP contribution is -2.13. The molecule has 0 aliphatic rings. The van der Waals surface area contributed by atoms with Crippen LogP contribution in [0, 0.1) is 0 Å². The first kappa shape index (κ1) is 12.8. The molecule has 0 spiro atoms. The van der Waals surface area contributed by atoms with Crippen LogP contribution >= 0.6 is 0 Å². The summed E-state index contributed by atoms with van der Waals surface area (Å²) in [6.45, 7) is 0. The normalized spacial score (nSPS) is 9.95. The minimum absolute atomic E-state index is 0.117. The Kier molecular flexibility index (Phi) is 3.56. The van der Waals surface area contributed by atoms with E-state index in [1.165, 1.54) is 25.3 Å². The lowest BCUT2D eigenvalue weighted by Gasteiger charge is -2.10. The second-order valence-corrected chi connectivity index (χ2v) is 3.93. The summed E-state index contributed by atoms with van der Waals surface area (Å²) >= 11 is 0. The van der Waals surface area contributed by atoms with Gasteiger partial charge in [-0.05, 0) is 30.3 Å². The van der Waals surface area contributed by atoms with Crippen LogP contribution in [0.3, 0.4) is 0 Å². The molecule has 1 amide bonds. The molecule has 5 heteroatoms. The van der Waals surface area contributed by atoms with Gasteiger partial charge in [0.25, 0.3) is 5.91 Å². The van der Waals surface area contributed by atoms with Crippen LogP contribution in [-0.2, 0) is 0 Å². The molecule has 2 aromatic rings. The number of benzene rings is 2. The largest absolute Gasteiger partial charge is 0.507 e. The summed E-state index contributed by atoms with van der Waals surface area (Å²) in [5.74, 6) is -0.0323. The number of anilines is 2. The van der Waals surface area contributed by atoms with Crippen LogP contribution < -0.4 is 15.8 Å². The molecule has 0 heterocycles. The first-order valence-corrected chi connectivity index (χ1v) is 5.64. The average molecular weight is 258 g/mol. The van der Waals surface area contributed by atoms with E-state index in [1.807, 2.05) is 0 Å². The Morgan fingerprint density at radius 1 is 1.26 bits per heavy atom. The molecule has 19 heavy (non-hydrogen) atoms. The minimum atomic E-state index is -0.450. The van der Waals surface area contributed by atoms with Crippen LogP contribution in [0.4, 0.5) is 11.4 Å². The number of ether oxygens (including phenoxy) is 1. The van der Waals surface area contributed by atoms with Gasteiger partial charge in [-0.2, -0.15) is 0 Å². The van der Waals surface area contributed by atoms with Gasteiger partial charge in [-0.1, -0.05) is 12.1 Å². The SMILES string of the molecule is COc1ccccc1NC(=O)c1cc(N)ccc1O. The lowest BCUT2D eigenvalue weighted by atomic mass is 10.1. The molecule has 0 atom stereocenters. The van der Waals surface area contributed by atoms with Gasteiger partial charge in [-0.15, -0.1) is 0 Å². The summed E-state index contributed by atoms with van der Waals surface area (Å²) < 4.78 is 5.13. The highest BCUT2D eigenvalue weighted by Gasteiger charge is 2.13. The Balaban J connectivity index is 2.28. The molecule has 0 radical (unpaired) electrons. The lowest BCUT2D eigenvalue weighted by molar-refractivity contribution is 0.102. The van der Waals surface area contributed by atoms with Gasteiger partial charge in [0.15, 0.2) is 0 Å². The number of hydrogen-bond donors (Lipinski definition) is 3. The Labute approximate surface area is 110 Å². The van der Waals surface area contributed by atoms with Gasteiger partial charge in [0.1, 0.15) is 11.5 Å². The second kappa shape index (κ2) is 5.30. The van der Waals surface area contributed by atoms with E-state index in [4.69, 9.17) is 10.5 Å². The highest BCUT2D eigenvalue weighted by molar-refractivity contribution is 6.07. The van der Waals surface area contributed by atoms with Crippen LogP contribution in [-0.4, -0.2) is 18.1 Å². The van der Waals surface area contributed by atoms with Crippen molar-refractivity contribution >= 4 is 17.3 Å². The molecule has 0 aromatic heterocycles. The molecule has 98 valence electrons. The topological polar surface area (TPSA) is 84.6 Å². The van der Waals surface area contributed by atoms with Gasteiger partial charge in [-0.3, -0.25) is 4.79 Å². The highest BCUT2D eigenvalue weighted by Crippen LogP contribution is 2.26. The van der Waals surface area contributed by atoms with E-state index in [-0.39, 0.29) is 11.3 Å². The first-order chi connectivity index (χ1) is 9.11. The fourth-order valence-electron chi connectivity index (χ4n) is 1.67. The van der Waals surface area contributed by atoms with Crippen molar-refractivity contribution in [3.63, 3.8) is 0 Å². The van der Waals surface area contributed by atoms with Crippen LogP contribution in [0.5, 0.6) is 11.5 Å². The van der Waals surface area contributed by atoms with Gasteiger partial charge < -0.3 is 20.9 Å². The van der Waals surface area contributed by atoms with E-state index in [0.717, 1.165) is 0 Å². The predicted molar refractivity (Wildman–Crippen MR) is 73.5 cm³/mol. The molecule has 0 saturated heterocycles. The number of nitrogens with two attached hydrogens (primary N) is 1. The molecular weight excluding hydrogens is 244 g/mol. The van der Waals surface area contributed by atoms with Gasteiger partial charge in [0.2, 0.25) is 0 Å². The molecule has 0 aliphatic carbocycles. The van der Waals surface area contributed by atoms with E-state index in [0.29, 0.717) is 17.1 Å². The number of nitrogen functional groups attached to an aromatic ring is 1. The van der Waals surface area contributed by atoms with Gasteiger partial charge in [-0.25, -0.2) is 0 Å². The third kappa shape index (κ3) is 2.77. The number of carbonyl (C=O) groups excluding carboxylic acids is 1. The Morgan fingerprint density at radius 2 is 2.00 bits per heavy atom.